The quantitative estimate of drug-likeness (QED) is 0.277. The fourth-order valence-corrected chi connectivity index (χ4v) is 4.71. The van der Waals surface area contributed by atoms with Gasteiger partial charge in [0.2, 0.25) is 5.91 Å². The summed E-state index contributed by atoms with van der Waals surface area (Å²) < 4.78 is 4.69. The average Bonchev–Trinajstić information content (AvgIpc) is 3.60. The van der Waals surface area contributed by atoms with E-state index in [2.05, 4.69) is 31.4 Å². The molecule has 2 amide bonds. The lowest BCUT2D eigenvalue weighted by Crippen LogP contribution is -2.14. The van der Waals surface area contributed by atoms with Crippen LogP contribution in [0, 0.1) is 0 Å². The van der Waals surface area contributed by atoms with Crippen molar-refractivity contribution < 1.29 is 19.1 Å². The molecule has 34 heavy (non-hydrogen) atoms. The second-order valence-electron chi connectivity index (χ2n) is 7.35. The van der Waals surface area contributed by atoms with Crippen molar-refractivity contribution in [3.63, 3.8) is 0 Å². The van der Waals surface area contributed by atoms with E-state index >= 15 is 0 Å². The number of nitrogens with one attached hydrogen (secondary N) is 3. The Kier molecular flexibility index (Phi) is 7.51. The minimum absolute atomic E-state index is 0.0866. The van der Waals surface area contributed by atoms with E-state index in [0.29, 0.717) is 39.8 Å². The lowest BCUT2D eigenvalue weighted by atomic mass is 10.1. The first-order valence-electron chi connectivity index (χ1n) is 10.5. The van der Waals surface area contributed by atoms with E-state index in [9.17, 15) is 14.4 Å². The number of thiazole rings is 1. The summed E-state index contributed by atoms with van der Waals surface area (Å²) in [6.07, 6.45) is 3.70. The van der Waals surface area contributed by atoms with Crippen LogP contribution in [0.4, 0.5) is 10.8 Å². The minimum Gasteiger partial charge on any atom is -0.464 e. The predicted molar refractivity (Wildman–Crippen MR) is 134 cm³/mol. The van der Waals surface area contributed by atoms with Gasteiger partial charge in [-0.2, -0.15) is 0 Å². The summed E-state index contributed by atoms with van der Waals surface area (Å²) in [5, 5.41) is 9.86. The van der Waals surface area contributed by atoms with Gasteiger partial charge in [-0.1, -0.05) is 12.1 Å². The lowest BCUT2D eigenvalue weighted by Gasteiger charge is -2.07. The van der Waals surface area contributed by atoms with Crippen LogP contribution in [0.5, 0.6) is 0 Å². The molecule has 0 atom stereocenters. The highest BCUT2D eigenvalue weighted by atomic mass is 32.1. The molecule has 174 valence electrons. The van der Waals surface area contributed by atoms with Crippen LogP contribution in [0.25, 0.3) is 11.3 Å². The molecule has 0 unspecified atom stereocenters. The number of hydrogen-bond donors (Lipinski definition) is 3. The van der Waals surface area contributed by atoms with Gasteiger partial charge in [0.05, 0.1) is 12.8 Å². The maximum Gasteiger partial charge on any atom is 0.354 e. The SMILES string of the molecule is COC(=O)c1cc(-c2csc(NC(=O)c3cccc(NC(=O)CCCc4cccs4)c3)n2)c[nH]1. The predicted octanol–water partition coefficient (Wildman–Crippen LogP) is 5.20. The number of carbonyl (C=O) groups is 3. The third kappa shape index (κ3) is 5.97. The molecule has 8 nitrogen and oxygen atoms in total. The maximum absolute atomic E-state index is 12.7. The molecule has 0 aliphatic rings. The lowest BCUT2D eigenvalue weighted by molar-refractivity contribution is -0.116. The molecule has 4 aromatic rings. The number of H-pyrrole nitrogens is 1. The topological polar surface area (TPSA) is 113 Å². The normalized spacial score (nSPS) is 10.6. The number of ether oxygens (including phenoxy) is 1. The summed E-state index contributed by atoms with van der Waals surface area (Å²) in [5.41, 5.74) is 2.62. The number of aromatic amines is 1. The number of hydrogen-bond acceptors (Lipinski definition) is 7. The number of benzene rings is 1. The number of nitrogens with zero attached hydrogens (tertiary/aromatic N) is 1. The number of aromatic nitrogens is 2. The number of anilines is 2. The summed E-state index contributed by atoms with van der Waals surface area (Å²) >= 11 is 2.96. The van der Waals surface area contributed by atoms with Gasteiger partial charge in [-0.15, -0.1) is 22.7 Å². The van der Waals surface area contributed by atoms with E-state index in [0.717, 1.165) is 12.8 Å². The van der Waals surface area contributed by atoms with Crippen molar-refractivity contribution in [3.8, 4) is 11.3 Å². The number of thiophene rings is 1. The summed E-state index contributed by atoms with van der Waals surface area (Å²) in [7, 11) is 1.31. The van der Waals surface area contributed by atoms with Crippen LogP contribution in [-0.2, 0) is 16.0 Å². The van der Waals surface area contributed by atoms with Crippen molar-refractivity contribution in [1.29, 1.82) is 0 Å². The molecule has 0 spiro atoms. The number of carbonyl (C=O) groups excluding carboxylic acids is 3. The molecule has 0 saturated heterocycles. The van der Waals surface area contributed by atoms with Crippen LogP contribution in [0.15, 0.2) is 59.4 Å². The minimum atomic E-state index is -0.468. The Balaban J connectivity index is 1.33. The molecule has 0 fully saturated rings. The van der Waals surface area contributed by atoms with E-state index in [1.807, 2.05) is 11.4 Å². The van der Waals surface area contributed by atoms with Crippen molar-refractivity contribution in [2.45, 2.75) is 19.3 Å². The zero-order valence-electron chi connectivity index (χ0n) is 18.3. The highest BCUT2D eigenvalue weighted by Crippen LogP contribution is 2.26. The van der Waals surface area contributed by atoms with E-state index < -0.39 is 5.97 Å². The number of aryl methyl sites for hydroxylation is 1. The van der Waals surface area contributed by atoms with Gasteiger partial charge in [-0.25, -0.2) is 9.78 Å². The highest BCUT2D eigenvalue weighted by molar-refractivity contribution is 7.14. The average molecular weight is 495 g/mol. The van der Waals surface area contributed by atoms with Gasteiger partial charge in [0.1, 0.15) is 5.69 Å². The molecule has 0 saturated carbocycles. The van der Waals surface area contributed by atoms with Gasteiger partial charge in [0, 0.05) is 39.7 Å². The standard InChI is InChI=1S/C24H22N4O4S2/c1-32-23(31)19-12-16(13-25-19)20-14-34-24(27-20)28-22(30)15-5-2-6-17(11-15)26-21(29)9-3-7-18-8-4-10-33-18/h2,4-6,8,10-14,25H,3,7,9H2,1H3,(H,26,29)(H,27,28,30). The molecule has 0 radical (unpaired) electrons. The second-order valence-corrected chi connectivity index (χ2v) is 9.24. The van der Waals surface area contributed by atoms with Gasteiger partial charge in [0.25, 0.3) is 5.91 Å². The Labute approximate surface area is 204 Å². The molecular weight excluding hydrogens is 472 g/mol. The Hall–Kier alpha value is -3.76. The van der Waals surface area contributed by atoms with Crippen LogP contribution >= 0.6 is 22.7 Å². The Morgan fingerprint density at radius 1 is 1.09 bits per heavy atom. The van der Waals surface area contributed by atoms with Crippen molar-refractivity contribution in [1.82, 2.24) is 9.97 Å². The third-order valence-corrected chi connectivity index (χ3v) is 6.62. The number of rotatable bonds is 9. The summed E-state index contributed by atoms with van der Waals surface area (Å²) in [6.45, 7) is 0. The summed E-state index contributed by atoms with van der Waals surface area (Å²) in [5.74, 6) is -0.889. The first kappa shape index (κ1) is 23.4. The second kappa shape index (κ2) is 10.9. The molecule has 1 aromatic carbocycles. The van der Waals surface area contributed by atoms with Crippen LogP contribution in [0.2, 0.25) is 0 Å². The van der Waals surface area contributed by atoms with Gasteiger partial charge >= 0.3 is 5.97 Å². The molecule has 0 bridgehead atoms. The maximum atomic E-state index is 12.7. The van der Waals surface area contributed by atoms with E-state index in [-0.39, 0.29) is 11.8 Å². The fourth-order valence-electron chi connectivity index (χ4n) is 3.24. The smallest absolute Gasteiger partial charge is 0.354 e. The van der Waals surface area contributed by atoms with Gasteiger partial charge in [-0.05, 0) is 48.6 Å². The zero-order valence-corrected chi connectivity index (χ0v) is 19.9. The first-order valence-corrected chi connectivity index (χ1v) is 12.2. The fraction of sp³-hybridized carbons (Fsp3) is 0.167. The van der Waals surface area contributed by atoms with Crippen LogP contribution in [0.3, 0.4) is 0 Å². The van der Waals surface area contributed by atoms with Crippen LogP contribution in [0.1, 0.15) is 38.6 Å². The summed E-state index contributed by atoms with van der Waals surface area (Å²) in [6, 6.07) is 12.5. The van der Waals surface area contributed by atoms with Crippen molar-refractivity contribution in [2.75, 3.05) is 17.7 Å². The zero-order chi connectivity index (χ0) is 23.9. The van der Waals surface area contributed by atoms with E-state index in [1.54, 1.807) is 53.2 Å². The van der Waals surface area contributed by atoms with Crippen molar-refractivity contribution in [2.24, 2.45) is 0 Å². The molecule has 3 N–H and O–H groups in total. The van der Waals surface area contributed by atoms with Crippen LogP contribution < -0.4 is 10.6 Å². The molecular formula is C24H22N4O4S2. The number of methoxy groups -OCH3 is 1. The largest absolute Gasteiger partial charge is 0.464 e. The van der Waals surface area contributed by atoms with Gasteiger partial charge in [-0.3, -0.25) is 14.9 Å². The van der Waals surface area contributed by atoms with E-state index in [1.165, 1.54) is 23.3 Å². The molecule has 3 heterocycles. The Morgan fingerprint density at radius 2 is 1.97 bits per heavy atom. The van der Waals surface area contributed by atoms with Gasteiger partial charge < -0.3 is 15.0 Å². The first-order chi connectivity index (χ1) is 16.5. The van der Waals surface area contributed by atoms with Crippen molar-refractivity contribution in [3.05, 3.63) is 75.6 Å². The molecule has 0 aliphatic heterocycles. The molecule has 4 rings (SSSR count). The highest BCUT2D eigenvalue weighted by Gasteiger charge is 2.14. The third-order valence-electron chi connectivity index (χ3n) is 4.92. The number of amides is 2. The molecule has 3 aromatic heterocycles. The Bertz CT molecular complexity index is 1290. The van der Waals surface area contributed by atoms with Gasteiger partial charge in [0.15, 0.2) is 5.13 Å². The number of esters is 1. The van der Waals surface area contributed by atoms with Crippen LogP contribution in [-0.4, -0.2) is 34.9 Å². The Morgan fingerprint density at radius 3 is 2.76 bits per heavy atom. The molecule has 0 aliphatic carbocycles. The van der Waals surface area contributed by atoms with Crippen molar-refractivity contribution >= 4 is 51.3 Å². The molecule has 10 heteroatoms. The van der Waals surface area contributed by atoms with E-state index in [4.69, 9.17) is 0 Å². The summed E-state index contributed by atoms with van der Waals surface area (Å²) in [4.78, 5) is 45.1. The monoisotopic (exact) mass is 494 g/mol.